The van der Waals surface area contributed by atoms with Crippen molar-refractivity contribution < 1.29 is 18.5 Å². The molecular formula is C14H10BrFO3S. The average molecular weight is 357 g/mol. The zero-order chi connectivity index (χ0) is 14.7. The quantitative estimate of drug-likeness (QED) is 0.910. The van der Waals surface area contributed by atoms with Gasteiger partial charge < -0.3 is 5.11 Å². The molecule has 1 unspecified atom stereocenters. The first kappa shape index (κ1) is 14.9. The van der Waals surface area contributed by atoms with Crippen molar-refractivity contribution in [3.8, 4) is 0 Å². The molecule has 3 nitrogen and oxygen atoms in total. The van der Waals surface area contributed by atoms with E-state index in [2.05, 4.69) is 15.9 Å². The van der Waals surface area contributed by atoms with Gasteiger partial charge >= 0.3 is 5.97 Å². The van der Waals surface area contributed by atoms with Crippen LogP contribution in [0.25, 0.3) is 0 Å². The Morgan fingerprint density at radius 3 is 2.60 bits per heavy atom. The molecule has 0 aromatic heterocycles. The number of carbonyl (C=O) groups is 1. The first-order valence-electron chi connectivity index (χ1n) is 5.64. The second kappa shape index (κ2) is 6.28. The molecule has 2 aromatic rings. The fourth-order valence-corrected chi connectivity index (χ4v) is 3.62. The highest BCUT2D eigenvalue weighted by molar-refractivity contribution is 9.10. The van der Waals surface area contributed by atoms with Gasteiger partial charge in [0.1, 0.15) is 5.82 Å². The highest BCUT2D eigenvalue weighted by atomic mass is 79.9. The van der Waals surface area contributed by atoms with Crippen molar-refractivity contribution in [2.45, 2.75) is 10.6 Å². The van der Waals surface area contributed by atoms with E-state index in [0.717, 1.165) is 0 Å². The monoisotopic (exact) mass is 356 g/mol. The summed E-state index contributed by atoms with van der Waals surface area (Å²) in [6, 6.07) is 10.6. The Morgan fingerprint density at radius 1 is 1.20 bits per heavy atom. The third-order valence-corrected chi connectivity index (χ3v) is 4.99. The van der Waals surface area contributed by atoms with Crippen LogP contribution in [0.1, 0.15) is 15.9 Å². The molecular weight excluding hydrogens is 347 g/mol. The maximum atomic E-state index is 13.4. The van der Waals surface area contributed by atoms with Gasteiger partial charge in [-0.05, 0) is 39.7 Å². The van der Waals surface area contributed by atoms with E-state index in [1.165, 1.54) is 24.3 Å². The number of carboxylic acids is 1. The molecule has 0 aliphatic rings. The van der Waals surface area contributed by atoms with Gasteiger partial charge in [0.05, 0.1) is 31.5 Å². The normalized spacial score (nSPS) is 12.1. The fourth-order valence-electron chi connectivity index (χ4n) is 1.72. The van der Waals surface area contributed by atoms with Gasteiger partial charge in [-0.1, -0.05) is 24.3 Å². The Bertz CT molecular complexity index is 688. The molecule has 6 heteroatoms. The minimum Gasteiger partial charge on any atom is -0.478 e. The van der Waals surface area contributed by atoms with Crippen LogP contribution in [0.5, 0.6) is 0 Å². The standard InChI is InChI=1S/C14H10BrFO3S/c15-13-9(4-3-6-11(13)16)8-20(19)12-7-2-1-5-10(12)14(17)18/h1-7H,8H2,(H,17,18). The van der Waals surface area contributed by atoms with E-state index in [0.29, 0.717) is 5.56 Å². The van der Waals surface area contributed by atoms with Crippen LogP contribution in [0, 0.1) is 5.82 Å². The van der Waals surface area contributed by atoms with E-state index >= 15 is 0 Å². The summed E-state index contributed by atoms with van der Waals surface area (Å²) in [5, 5.41) is 9.08. The van der Waals surface area contributed by atoms with Crippen molar-refractivity contribution in [1.82, 2.24) is 0 Å². The van der Waals surface area contributed by atoms with Crippen LogP contribution >= 0.6 is 15.9 Å². The third kappa shape index (κ3) is 3.13. The van der Waals surface area contributed by atoms with Crippen LogP contribution in [-0.4, -0.2) is 15.3 Å². The molecule has 20 heavy (non-hydrogen) atoms. The topological polar surface area (TPSA) is 54.4 Å². The molecule has 1 N–H and O–H groups in total. The molecule has 0 aliphatic carbocycles. The molecule has 0 spiro atoms. The van der Waals surface area contributed by atoms with Gasteiger partial charge in [0.15, 0.2) is 0 Å². The summed E-state index contributed by atoms with van der Waals surface area (Å²) in [4.78, 5) is 11.3. The lowest BCUT2D eigenvalue weighted by Crippen LogP contribution is -2.06. The zero-order valence-electron chi connectivity index (χ0n) is 10.2. The second-order valence-electron chi connectivity index (χ2n) is 4.00. The van der Waals surface area contributed by atoms with E-state index in [1.807, 2.05) is 0 Å². The van der Waals surface area contributed by atoms with Crippen molar-refractivity contribution in [3.05, 3.63) is 63.9 Å². The number of hydrogen-bond acceptors (Lipinski definition) is 2. The maximum absolute atomic E-state index is 13.4. The summed E-state index contributed by atoms with van der Waals surface area (Å²) in [6.07, 6.45) is 0. The van der Waals surface area contributed by atoms with Crippen LogP contribution in [-0.2, 0) is 16.6 Å². The first-order chi connectivity index (χ1) is 9.50. The molecule has 104 valence electrons. The Balaban J connectivity index is 2.34. The van der Waals surface area contributed by atoms with E-state index < -0.39 is 22.6 Å². The summed E-state index contributed by atoms with van der Waals surface area (Å²) < 4.78 is 26.0. The summed E-state index contributed by atoms with van der Waals surface area (Å²) in [7, 11) is -1.56. The van der Waals surface area contributed by atoms with Crippen LogP contribution < -0.4 is 0 Å². The molecule has 0 aliphatic heterocycles. The number of aromatic carboxylic acids is 1. The van der Waals surface area contributed by atoms with E-state index in [-0.39, 0.29) is 20.7 Å². The Hall–Kier alpha value is -1.53. The lowest BCUT2D eigenvalue weighted by atomic mass is 10.2. The van der Waals surface area contributed by atoms with Crippen molar-refractivity contribution in [2.75, 3.05) is 0 Å². The van der Waals surface area contributed by atoms with Gasteiger partial charge in [0, 0.05) is 0 Å². The van der Waals surface area contributed by atoms with Crippen LogP contribution in [0.2, 0.25) is 0 Å². The predicted octanol–water partition coefficient (Wildman–Crippen LogP) is 3.59. The molecule has 2 aromatic carbocycles. The summed E-state index contributed by atoms with van der Waals surface area (Å²) in [5.74, 6) is -1.53. The minimum atomic E-state index is -1.56. The van der Waals surface area contributed by atoms with Crippen molar-refractivity contribution in [3.63, 3.8) is 0 Å². The Labute approximate surface area is 126 Å². The van der Waals surface area contributed by atoms with Gasteiger partial charge in [-0.2, -0.15) is 0 Å². The average Bonchev–Trinajstić information content (AvgIpc) is 2.43. The predicted molar refractivity (Wildman–Crippen MR) is 77.6 cm³/mol. The third-order valence-electron chi connectivity index (χ3n) is 2.68. The minimum absolute atomic E-state index is 0.00152. The van der Waals surface area contributed by atoms with Gasteiger partial charge in [0.25, 0.3) is 0 Å². The molecule has 0 radical (unpaired) electrons. The summed E-state index contributed by atoms with van der Waals surface area (Å²) in [6.45, 7) is 0. The van der Waals surface area contributed by atoms with Gasteiger partial charge in [-0.25, -0.2) is 9.18 Å². The molecule has 2 rings (SSSR count). The number of carboxylic acid groups (broad SMARTS) is 1. The van der Waals surface area contributed by atoms with E-state index in [9.17, 15) is 13.4 Å². The second-order valence-corrected chi connectivity index (χ2v) is 6.22. The van der Waals surface area contributed by atoms with E-state index in [4.69, 9.17) is 5.11 Å². The smallest absolute Gasteiger partial charge is 0.336 e. The SMILES string of the molecule is O=C(O)c1ccccc1S(=O)Cc1cccc(F)c1Br. The lowest BCUT2D eigenvalue weighted by Gasteiger charge is -2.08. The lowest BCUT2D eigenvalue weighted by molar-refractivity contribution is 0.0693. The Morgan fingerprint density at radius 2 is 1.90 bits per heavy atom. The van der Waals surface area contributed by atoms with Crippen LogP contribution in [0.3, 0.4) is 0 Å². The summed E-state index contributed by atoms with van der Waals surface area (Å²) >= 11 is 3.10. The van der Waals surface area contributed by atoms with Crippen molar-refractivity contribution in [1.29, 1.82) is 0 Å². The number of hydrogen-bond donors (Lipinski definition) is 1. The van der Waals surface area contributed by atoms with Crippen LogP contribution in [0.15, 0.2) is 51.8 Å². The molecule has 0 bridgehead atoms. The Kier molecular flexibility index (Phi) is 4.67. The number of benzene rings is 2. The molecule has 1 atom stereocenters. The largest absolute Gasteiger partial charge is 0.478 e. The molecule has 0 saturated heterocycles. The van der Waals surface area contributed by atoms with Gasteiger partial charge in [-0.15, -0.1) is 0 Å². The fraction of sp³-hybridized carbons (Fsp3) is 0.0714. The number of rotatable bonds is 4. The van der Waals surface area contributed by atoms with Gasteiger partial charge in [-0.3, -0.25) is 4.21 Å². The van der Waals surface area contributed by atoms with Crippen LogP contribution in [0.4, 0.5) is 4.39 Å². The zero-order valence-corrected chi connectivity index (χ0v) is 12.6. The molecule has 0 heterocycles. The van der Waals surface area contributed by atoms with Crippen molar-refractivity contribution in [2.24, 2.45) is 0 Å². The highest BCUT2D eigenvalue weighted by Crippen LogP contribution is 2.24. The highest BCUT2D eigenvalue weighted by Gasteiger charge is 2.16. The maximum Gasteiger partial charge on any atom is 0.336 e. The molecule has 0 amide bonds. The van der Waals surface area contributed by atoms with Crippen molar-refractivity contribution >= 4 is 32.7 Å². The number of halogens is 2. The van der Waals surface area contributed by atoms with Gasteiger partial charge in [0.2, 0.25) is 0 Å². The van der Waals surface area contributed by atoms with E-state index in [1.54, 1.807) is 18.2 Å². The molecule has 0 fully saturated rings. The molecule has 0 saturated carbocycles. The summed E-state index contributed by atoms with van der Waals surface area (Å²) in [5.41, 5.74) is 0.530. The first-order valence-corrected chi connectivity index (χ1v) is 7.75.